The zero-order chi connectivity index (χ0) is 7.40. The Morgan fingerprint density at radius 1 is 1.64 bits per heavy atom. The summed E-state index contributed by atoms with van der Waals surface area (Å²) in [4.78, 5) is 21.3. The molecule has 0 amide bonds. The molecule has 2 nitrogen and oxygen atoms in total. The number of rotatable bonds is 3. The minimum atomic E-state index is -0.218. The minimum absolute atomic E-state index is 0. The third-order valence-electron chi connectivity index (χ3n) is 0.983. The van der Waals surface area contributed by atoms with Gasteiger partial charge in [-0.1, -0.05) is 10.9 Å². The van der Waals surface area contributed by atoms with E-state index in [9.17, 15) is 9.59 Å². The van der Waals surface area contributed by atoms with Gasteiger partial charge in [0.1, 0.15) is 0 Å². The Hall–Kier alpha value is -0.0900. The van der Waals surface area contributed by atoms with Crippen LogP contribution in [-0.4, -0.2) is 12.1 Å². The molecule has 0 spiro atoms. The van der Waals surface area contributed by atoms with Gasteiger partial charge < -0.3 is 9.59 Å². The van der Waals surface area contributed by atoms with Gasteiger partial charge in [-0.3, -0.25) is 0 Å². The molecule has 0 atom stereocenters. The summed E-state index contributed by atoms with van der Waals surface area (Å²) in [7, 11) is 0. The van der Waals surface area contributed by atoms with Crippen LogP contribution in [0, 0.1) is 6.42 Å². The van der Waals surface area contributed by atoms with Crippen LogP contribution >= 0.6 is 11.3 Å². The van der Waals surface area contributed by atoms with Crippen LogP contribution in [0.3, 0.4) is 0 Å². The molecule has 4 heteroatoms. The fourth-order valence-electron chi connectivity index (χ4n) is 0.563. The van der Waals surface area contributed by atoms with Gasteiger partial charge in [-0.25, -0.2) is 11.3 Å². The Morgan fingerprint density at radius 3 is 2.82 bits per heavy atom. The van der Waals surface area contributed by atoms with E-state index < -0.39 is 0 Å². The van der Waals surface area contributed by atoms with Crippen molar-refractivity contribution in [2.75, 3.05) is 0 Å². The van der Waals surface area contributed by atoms with Crippen molar-refractivity contribution in [2.24, 2.45) is 0 Å². The summed E-state index contributed by atoms with van der Waals surface area (Å²) in [6.07, 6.45) is 1.52. The molecule has 0 unspecified atom stereocenters. The molecule has 0 aliphatic carbocycles. The van der Waals surface area contributed by atoms with E-state index in [0.29, 0.717) is 11.2 Å². The zero-order valence-corrected chi connectivity index (χ0v) is 8.93. The first kappa shape index (κ1) is 10.9. The third-order valence-corrected chi connectivity index (χ3v) is 1.87. The van der Waals surface area contributed by atoms with Crippen molar-refractivity contribution in [3.8, 4) is 0 Å². The molecule has 1 aromatic rings. The van der Waals surface area contributed by atoms with Crippen molar-refractivity contribution >= 4 is 23.4 Å². The Bertz CT molecular complexity index is 231. The van der Waals surface area contributed by atoms with Crippen LogP contribution in [0.2, 0.25) is 0 Å². The Morgan fingerprint density at radius 2 is 2.36 bits per heavy atom. The van der Waals surface area contributed by atoms with Crippen molar-refractivity contribution < 1.29 is 39.1 Å². The number of hydrogen-bond donors (Lipinski definition) is 0. The van der Waals surface area contributed by atoms with E-state index in [1.165, 1.54) is 11.3 Å². The SMILES string of the molecule is O=C[CH-]C(=O)c1cccs1.[Na+]. The summed E-state index contributed by atoms with van der Waals surface area (Å²) in [6.45, 7) is 0. The van der Waals surface area contributed by atoms with Crippen molar-refractivity contribution in [1.29, 1.82) is 0 Å². The summed E-state index contributed by atoms with van der Waals surface area (Å²) in [6, 6.07) is 3.46. The van der Waals surface area contributed by atoms with Gasteiger partial charge in [0.25, 0.3) is 0 Å². The topological polar surface area (TPSA) is 34.1 Å². The molecule has 0 bridgehead atoms. The van der Waals surface area contributed by atoms with Crippen LogP contribution in [0.5, 0.6) is 0 Å². The molecule has 0 saturated heterocycles. The molecule has 0 aliphatic rings. The maximum absolute atomic E-state index is 10.8. The molecule has 52 valence electrons. The fraction of sp³-hybridized carbons (Fsp3) is 0. The normalized spacial score (nSPS) is 8.00. The average molecular weight is 176 g/mol. The van der Waals surface area contributed by atoms with E-state index in [2.05, 4.69) is 0 Å². The van der Waals surface area contributed by atoms with Crippen molar-refractivity contribution in [2.45, 2.75) is 0 Å². The molecule has 0 aliphatic heterocycles. The molecule has 0 radical (unpaired) electrons. The molecule has 0 aromatic carbocycles. The second-order valence-corrected chi connectivity index (χ2v) is 2.59. The van der Waals surface area contributed by atoms with Gasteiger partial charge in [-0.05, 0) is 5.38 Å². The van der Waals surface area contributed by atoms with Crippen molar-refractivity contribution in [3.05, 3.63) is 28.8 Å². The maximum atomic E-state index is 10.8. The van der Waals surface area contributed by atoms with Crippen LogP contribution < -0.4 is 29.6 Å². The maximum Gasteiger partial charge on any atom is 1.00 e. The summed E-state index contributed by atoms with van der Waals surface area (Å²) < 4.78 is 0. The van der Waals surface area contributed by atoms with Gasteiger partial charge in [-0.2, -0.15) is 0 Å². The first-order valence-corrected chi connectivity index (χ1v) is 3.59. The smallest absolute Gasteiger partial charge is 0.330 e. The number of aldehydes is 1. The van der Waals surface area contributed by atoms with E-state index in [1.807, 2.05) is 0 Å². The third kappa shape index (κ3) is 3.20. The van der Waals surface area contributed by atoms with Crippen LogP contribution in [0.4, 0.5) is 0 Å². The summed E-state index contributed by atoms with van der Waals surface area (Å²) in [5.41, 5.74) is 0. The molecule has 0 N–H and O–H groups in total. The van der Waals surface area contributed by atoms with E-state index in [-0.39, 0.29) is 35.3 Å². The minimum Gasteiger partial charge on any atom is -0.330 e. The Labute approximate surface area is 90.9 Å². The summed E-state index contributed by atoms with van der Waals surface area (Å²) in [5.74, 6) is -0.218. The van der Waals surface area contributed by atoms with Crippen molar-refractivity contribution in [3.63, 3.8) is 0 Å². The van der Waals surface area contributed by atoms with Gasteiger partial charge in [-0.15, -0.1) is 12.5 Å². The molecular formula is C7H5NaO2S. The summed E-state index contributed by atoms with van der Waals surface area (Å²) in [5, 5.41) is 1.80. The largest absolute Gasteiger partial charge is 1.00 e. The van der Waals surface area contributed by atoms with Gasteiger partial charge in [0.2, 0.25) is 0 Å². The monoisotopic (exact) mass is 176 g/mol. The van der Waals surface area contributed by atoms with Gasteiger partial charge >= 0.3 is 29.6 Å². The molecular weight excluding hydrogens is 171 g/mol. The number of Topliss-reactive ketones (excluding diaryl/α,β-unsaturated/α-hetero) is 1. The standard InChI is InChI=1S/C7H5O2S.Na/c8-4-3-6(9)7-2-1-5-10-7;/h1-5H;/q-1;+1. The predicted octanol–water partition coefficient (Wildman–Crippen LogP) is -1.66. The van der Waals surface area contributed by atoms with Gasteiger partial charge in [0.05, 0.1) is 6.29 Å². The average Bonchev–Trinajstić information content (AvgIpc) is 2.38. The van der Waals surface area contributed by atoms with E-state index in [4.69, 9.17) is 0 Å². The number of thiophene rings is 1. The van der Waals surface area contributed by atoms with E-state index >= 15 is 0 Å². The second kappa shape index (κ2) is 5.55. The predicted molar refractivity (Wildman–Crippen MR) is 39.0 cm³/mol. The van der Waals surface area contributed by atoms with Crippen LogP contribution in [0.1, 0.15) is 9.67 Å². The number of hydrogen-bond acceptors (Lipinski definition) is 3. The first-order chi connectivity index (χ1) is 4.84. The number of carbonyl (C=O) groups is 2. The fourth-order valence-corrected chi connectivity index (χ4v) is 1.21. The first-order valence-electron chi connectivity index (χ1n) is 2.71. The van der Waals surface area contributed by atoms with E-state index in [1.54, 1.807) is 17.5 Å². The molecule has 1 aromatic heterocycles. The van der Waals surface area contributed by atoms with Crippen molar-refractivity contribution in [1.82, 2.24) is 0 Å². The number of carbonyl (C=O) groups excluding carboxylic acids is 2. The molecule has 1 rings (SSSR count). The van der Waals surface area contributed by atoms with Crippen LogP contribution in [0.15, 0.2) is 17.5 Å². The Kier molecular flexibility index (Phi) is 5.50. The quantitative estimate of drug-likeness (QED) is 0.181. The molecule has 0 saturated carbocycles. The Balaban J connectivity index is 0.000001000. The zero-order valence-electron chi connectivity index (χ0n) is 6.11. The van der Waals surface area contributed by atoms with E-state index in [0.717, 1.165) is 6.42 Å². The molecule has 0 fully saturated rings. The van der Waals surface area contributed by atoms with Crippen LogP contribution in [0.25, 0.3) is 0 Å². The molecule has 11 heavy (non-hydrogen) atoms. The van der Waals surface area contributed by atoms with Gasteiger partial charge in [0.15, 0.2) is 0 Å². The van der Waals surface area contributed by atoms with Gasteiger partial charge in [0, 0.05) is 5.78 Å². The number of ketones is 1. The second-order valence-electron chi connectivity index (χ2n) is 1.64. The molecule has 1 heterocycles. The van der Waals surface area contributed by atoms with Crippen LogP contribution in [-0.2, 0) is 4.79 Å². The summed E-state index contributed by atoms with van der Waals surface area (Å²) >= 11 is 1.33.